The van der Waals surface area contributed by atoms with Crippen LogP contribution in [0, 0.1) is 12.8 Å². The van der Waals surface area contributed by atoms with Gasteiger partial charge >= 0.3 is 0 Å². The highest BCUT2D eigenvalue weighted by atomic mass is 35.5. The molecule has 1 aromatic carbocycles. The van der Waals surface area contributed by atoms with E-state index in [2.05, 4.69) is 4.98 Å². The van der Waals surface area contributed by atoms with Crippen LogP contribution in [-0.4, -0.2) is 43.1 Å². The van der Waals surface area contributed by atoms with Crippen LogP contribution < -0.4 is 5.14 Å². The lowest BCUT2D eigenvalue weighted by Crippen LogP contribution is -2.31. The number of pyridine rings is 1. The smallest absolute Gasteiger partial charge is 0.254 e. The highest BCUT2D eigenvalue weighted by Gasteiger charge is 2.30. The number of hydrogen-bond acceptors (Lipinski definition) is 4. The van der Waals surface area contributed by atoms with Crippen molar-refractivity contribution in [3.8, 4) is 0 Å². The Bertz CT molecular complexity index is 914. The van der Waals surface area contributed by atoms with E-state index in [-0.39, 0.29) is 17.6 Å². The topological polar surface area (TPSA) is 93.4 Å². The molecule has 1 aliphatic heterocycles. The van der Waals surface area contributed by atoms with Gasteiger partial charge in [0.2, 0.25) is 10.0 Å². The van der Waals surface area contributed by atoms with Crippen LogP contribution in [-0.2, 0) is 10.0 Å². The molecule has 1 aromatic heterocycles. The first-order valence-corrected chi connectivity index (χ1v) is 9.69. The van der Waals surface area contributed by atoms with Crippen molar-refractivity contribution in [1.29, 1.82) is 0 Å². The average molecular weight is 368 g/mol. The molecule has 0 bridgehead atoms. The summed E-state index contributed by atoms with van der Waals surface area (Å²) in [5, 5.41) is 6.34. The first-order chi connectivity index (χ1) is 11.2. The van der Waals surface area contributed by atoms with Gasteiger partial charge in [-0.25, -0.2) is 13.6 Å². The Morgan fingerprint density at radius 3 is 2.88 bits per heavy atom. The minimum absolute atomic E-state index is 0.0985. The van der Waals surface area contributed by atoms with E-state index in [0.717, 1.165) is 5.69 Å². The molecule has 1 fully saturated rings. The van der Waals surface area contributed by atoms with E-state index in [1.807, 2.05) is 6.92 Å². The van der Waals surface area contributed by atoms with Gasteiger partial charge in [0, 0.05) is 29.2 Å². The third kappa shape index (κ3) is 3.68. The minimum atomic E-state index is -3.53. The maximum absolute atomic E-state index is 12.9. The summed E-state index contributed by atoms with van der Waals surface area (Å²) in [5.74, 6) is -0.356. The SMILES string of the molecule is Cc1cc(C(=O)N2CC[C@H](CS(N)(=O)=O)C2)c2cc(Cl)ccc2n1. The molecule has 0 saturated carbocycles. The van der Waals surface area contributed by atoms with E-state index < -0.39 is 10.0 Å². The fraction of sp³-hybridized carbons (Fsp3) is 0.375. The highest BCUT2D eigenvalue weighted by molar-refractivity contribution is 7.89. The van der Waals surface area contributed by atoms with Gasteiger partial charge in [0.25, 0.3) is 5.91 Å². The Morgan fingerprint density at radius 1 is 1.42 bits per heavy atom. The van der Waals surface area contributed by atoms with Crippen molar-refractivity contribution in [2.75, 3.05) is 18.8 Å². The monoisotopic (exact) mass is 367 g/mol. The number of rotatable bonds is 3. The summed E-state index contributed by atoms with van der Waals surface area (Å²) in [5.41, 5.74) is 1.99. The predicted octanol–water partition coefficient (Wildman–Crippen LogP) is 1.95. The molecular weight excluding hydrogens is 350 g/mol. The average Bonchev–Trinajstić information content (AvgIpc) is 2.92. The van der Waals surface area contributed by atoms with Gasteiger partial charge in [0.15, 0.2) is 0 Å². The quantitative estimate of drug-likeness (QED) is 0.897. The second-order valence-electron chi connectivity index (χ2n) is 6.21. The number of primary sulfonamides is 1. The van der Waals surface area contributed by atoms with Crippen LogP contribution in [0.3, 0.4) is 0 Å². The Morgan fingerprint density at radius 2 is 2.17 bits per heavy atom. The predicted molar refractivity (Wildman–Crippen MR) is 93.5 cm³/mol. The number of nitrogens with zero attached hydrogens (tertiary/aromatic N) is 2. The number of fused-ring (bicyclic) bond motifs is 1. The Kier molecular flexibility index (Phi) is 4.50. The van der Waals surface area contributed by atoms with Crippen LogP contribution in [0.4, 0.5) is 0 Å². The number of sulfonamides is 1. The lowest BCUT2D eigenvalue weighted by Gasteiger charge is -2.18. The number of aryl methyl sites for hydroxylation is 1. The number of halogens is 1. The van der Waals surface area contributed by atoms with E-state index in [0.29, 0.717) is 41.0 Å². The Hall–Kier alpha value is -1.70. The number of nitrogens with two attached hydrogens (primary N) is 1. The Balaban J connectivity index is 1.91. The fourth-order valence-electron chi connectivity index (χ4n) is 3.16. The third-order valence-corrected chi connectivity index (χ3v) is 5.34. The summed E-state index contributed by atoms with van der Waals surface area (Å²) in [7, 11) is -3.53. The molecule has 2 N–H and O–H groups in total. The molecule has 3 rings (SSSR count). The minimum Gasteiger partial charge on any atom is -0.338 e. The largest absolute Gasteiger partial charge is 0.338 e. The van der Waals surface area contributed by atoms with Crippen molar-refractivity contribution < 1.29 is 13.2 Å². The van der Waals surface area contributed by atoms with Gasteiger partial charge in [-0.3, -0.25) is 9.78 Å². The van der Waals surface area contributed by atoms with E-state index in [9.17, 15) is 13.2 Å². The summed E-state index contributed by atoms with van der Waals surface area (Å²) in [6.07, 6.45) is 0.630. The maximum Gasteiger partial charge on any atom is 0.254 e. The number of carbonyl (C=O) groups excluding carboxylic acids is 1. The summed E-state index contributed by atoms with van der Waals surface area (Å²) in [4.78, 5) is 19.0. The molecule has 0 spiro atoms. The van der Waals surface area contributed by atoms with E-state index in [1.165, 1.54) is 0 Å². The first-order valence-electron chi connectivity index (χ1n) is 7.59. The molecule has 24 heavy (non-hydrogen) atoms. The van der Waals surface area contributed by atoms with E-state index in [1.54, 1.807) is 29.2 Å². The molecule has 1 atom stereocenters. The molecule has 8 heteroatoms. The van der Waals surface area contributed by atoms with Crippen LogP contribution in [0.1, 0.15) is 22.5 Å². The fourth-order valence-corrected chi connectivity index (χ4v) is 4.26. The first kappa shape index (κ1) is 17.1. The molecule has 128 valence electrons. The lowest BCUT2D eigenvalue weighted by atomic mass is 10.1. The molecule has 0 aliphatic carbocycles. The molecule has 0 unspecified atom stereocenters. The maximum atomic E-state index is 12.9. The normalized spacial score (nSPS) is 18.3. The highest BCUT2D eigenvalue weighted by Crippen LogP contribution is 2.26. The Labute approximate surface area is 145 Å². The lowest BCUT2D eigenvalue weighted by molar-refractivity contribution is 0.0790. The second kappa shape index (κ2) is 6.31. The van der Waals surface area contributed by atoms with Crippen molar-refractivity contribution in [1.82, 2.24) is 9.88 Å². The molecular formula is C16H18ClN3O3S. The molecule has 0 radical (unpaired) electrons. The van der Waals surface area contributed by atoms with Crippen molar-refractivity contribution in [3.63, 3.8) is 0 Å². The van der Waals surface area contributed by atoms with Crippen molar-refractivity contribution in [2.45, 2.75) is 13.3 Å². The van der Waals surface area contributed by atoms with Gasteiger partial charge in [0.1, 0.15) is 0 Å². The zero-order valence-electron chi connectivity index (χ0n) is 13.2. The zero-order chi connectivity index (χ0) is 17.5. The summed E-state index contributed by atoms with van der Waals surface area (Å²) >= 11 is 6.06. The van der Waals surface area contributed by atoms with Crippen LogP contribution in [0.15, 0.2) is 24.3 Å². The van der Waals surface area contributed by atoms with Gasteiger partial charge in [-0.15, -0.1) is 0 Å². The summed E-state index contributed by atoms with van der Waals surface area (Å²) < 4.78 is 22.5. The molecule has 1 saturated heterocycles. The van der Waals surface area contributed by atoms with E-state index >= 15 is 0 Å². The number of likely N-dealkylation sites (tertiary alicyclic amines) is 1. The summed E-state index contributed by atoms with van der Waals surface area (Å²) in [6, 6.07) is 7.00. The molecule has 2 aromatic rings. The number of hydrogen-bond donors (Lipinski definition) is 1. The van der Waals surface area contributed by atoms with Crippen LogP contribution in [0.2, 0.25) is 5.02 Å². The van der Waals surface area contributed by atoms with Gasteiger partial charge in [0.05, 0.1) is 16.8 Å². The van der Waals surface area contributed by atoms with E-state index in [4.69, 9.17) is 16.7 Å². The van der Waals surface area contributed by atoms with Crippen molar-refractivity contribution >= 4 is 38.4 Å². The number of carbonyl (C=O) groups is 1. The molecule has 2 heterocycles. The van der Waals surface area contributed by atoms with Crippen LogP contribution >= 0.6 is 11.6 Å². The third-order valence-electron chi connectivity index (χ3n) is 4.17. The molecule has 1 aliphatic rings. The van der Waals surface area contributed by atoms with Crippen molar-refractivity contribution in [2.24, 2.45) is 11.1 Å². The summed E-state index contributed by atoms with van der Waals surface area (Å²) in [6.45, 7) is 2.74. The van der Waals surface area contributed by atoms with Gasteiger partial charge < -0.3 is 4.90 Å². The van der Waals surface area contributed by atoms with Gasteiger partial charge in [-0.1, -0.05) is 11.6 Å². The van der Waals surface area contributed by atoms with Crippen molar-refractivity contribution in [3.05, 3.63) is 40.5 Å². The van der Waals surface area contributed by atoms with Crippen LogP contribution in [0.25, 0.3) is 10.9 Å². The number of benzene rings is 1. The van der Waals surface area contributed by atoms with Gasteiger partial charge in [-0.2, -0.15) is 0 Å². The number of amides is 1. The zero-order valence-corrected chi connectivity index (χ0v) is 14.8. The van der Waals surface area contributed by atoms with Crippen LogP contribution in [0.5, 0.6) is 0 Å². The molecule has 1 amide bonds. The van der Waals surface area contributed by atoms with Gasteiger partial charge in [-0.05, 0) is 43.5 Å². The number of aromatic nitrogens is 1. The second-order valence-corrected chi connectivity index (χ2v) is 8.30. The molecule has 6 nitrogen and oxygen atoms in total. The standard InChI is InChI=1S/C16H18ClN3O3S/c1-10-6-14(13-7-12(17)2-3-15(13)19-10)16(21)20-5-4-11(8-20)9-24(18,22)23/h2-3,6-7,11H,4-5,8-9H2,1H3,(H2,18,22,23)/t11-/m0/s1.